The van der Waals surface area contributed by atoms with Gasteiger partial charge in [-0.15, -0.1) is 35.3 Å². The number of rotatable bonds is 18. The van der Waals surface area contributed by atoms with Crippen LogP contribution in [-0.4, -0.2) is 97.0 Å². The second-order valence-electron chi connectivity index (χ2n) is 24.0. The van der Waals surface area contributed by atoms with Gasteiger partial charge in [-0.3, -0.25) is 53.5 Å². The number of nitrogens with two attached hydrogens (primary N) is 1. The number of carboxylic acids is 2. The Balaban J connectivity index is 0.000000142. The van der Waals surface area contributed by atoms with Crippen molar-refractivity contribution in [2.75, 3.05) is 12.3 Å². The fourth-order valence-corrected chi connectivity index (χ4v) is 15.9. The van der Waals surface area contributed by atoms with Crippen LogP contribution in [0.2, 0.25) is 5.02 Å². The van der Waals surface area contributed by atoms with Crippen LogP contribution in [0.3, 0.4) is 0 Å². The van der Waals surface area contributed by atoms with Gasteiger partial charge in [-0.05, 0) is 212 Å². The zero-order valence-electron chi connectivity index (χ0n) is 53.4. The molecule has 490 valence electrons. The van der Waals surface area contributed by atoms with E-state index in [9.17, 15) is 43.8 Å². The van der Waals surface area contributed by atoms with Crippen molar-refractivity contribution in [1.29, 1.82) is 0 Å². The molecular formula is C74H73ClN6O10S4. The molecular weight excluding hydrogens is 1300 g/mol. The number of hydrogen-bond donors (Lipinski definition) is 4. The molecule has 0 spiro atoms. The number of Topliss-reactive ketones (excluding diaryl/α,β-unsaturated/α-hetero) is 4. The number of carbonyl (C=O) groups excluding carboxylic acids is 5. The minimum atomic E-state index is -0.742. The van der Waals surface area contributed by atoms with Gasteiger partial charge in [-0.25, -0.2) is 0 Å². The minimum Gasteiger partial charge on any atom is -0.480 e. The van der Waals surface area contributed by atoms with Crippen molar-refractivity contribution in [2.24, 2.45) is 0 Å². The molecule has 21 heteroatoms. The number of nitrogen functional groups attached to an aromatic ring is 1. The fraction of sp³-hybridized carbons (Fsp3) is 0.297. The molecule has 13 rings (SSSR count). The molecule has 10 aromatic rings. The lowest BCUT2D eigenvalue weighted by Crippen LogP contribution is -2.43. The molecule has 3 aliphatic rings. The number of nitrogens with zero attached hydrogens (tertiary/aromatic N) is 4. The van der Waals surface area contributed by atoms with Crippen LogP contribution in [0.1, 0.15) is 115 Å². The molecule has 95 heavy (non-hydrogen) atoms. The van der Waals surface area contributed by atoms with Crippen LogP contribution in [0.5, 0.6) is 0 Å². The van der Waals surface area contributed by atoms with Crippen LogP contribution in [0.15, 0.2) is 167 Å². The number of halogens is 1. The first-order chi connectivity index (χ1) is 45.5. The van der Waals surface area contributed by atoms with Gasteiger partial charge in [0, 0.05) is 114 Å². The Labute approximate surface area is 573 Å². The molecule has 0 amide bonds. The van der Waals surface area contributed by atoms with Crippen LogP contribution >= 0.6 is 59.1 Å². The van der Waals surface area contributed by atoms with Crippen molar-refractivity contribution < 1.29 is 48.5 Å². The number of pyridine rings is 5. The maximum absolute atomic E-state index is 12.4. The zero-order chi connectivity index (χ0) is 68.0. The largest absolute Gasteiger partial charge is 0.480 e. The number of aliphatic carboxylic acids is 2. The molecule has 3 fully saturated rings. The number of hydrogen-bond acceptors (Lipinski definition) is 17. The average Bonchev–Trinajstić information content (AvgIpc) is 0.788. The van der Waals surface area contributed by atoms with E-state index in [1.54, 1.807) is 70.3 Å². The summed E-state index contributed by atoms with van der Waals surface area (Å²) in [5.41, 5.74) is 14.6. The first-order valence-corrected chi connectivity index (χ1v) is 34.4. The molecule has 0 saturated heterocycles. The lowest BCUT2D eigenvalue weighted by molar-refractivity contribution is -0.148. The molecule has 5 N–H and O–H groups in total. The summed E-state index contributed by atoms with van der Waals surface area (Å²) in [6.07, 6.45) is 17.8. The Bertz CT molecular complexity index is 4500. The predicted molar refractivity (Wildman–Crippen MR) is 382 cm³/mol. The standard InChI is InChI=1S/C19H21NO3S.2C17H17NO3S.C12H10ClNO.C9H8N2S/c1-3-23-18(22)19(8-4-9-19)24-17-7-10-20-16-6-5-14(11-13(2)21)12-15(16)17;2*1-11(19)9-12-3-4-14-13(10-12)15(5-8-18-14)22-17(16(20)21)6-2-7-17;1-8(15)6-9-2-3-12-10(7-9)11(13)4-5-14-12;10-6-1-2-8-7(5-6)9(12)3-4-11-8/h5-7,10,12H,3-4,8-9,11H2,1-2H3;2*3-5,8,10H,2,6-7,9H2,1H3,(H,20,21);2-5,7H,6H2,1H3;1-5H,10H2,(H,11,12). The number of esters is 1. The second kappa shape index (κ2) is 31.9. The van der Waals surface area contributed by atoms with Gasteiger partial charge in [0.2, 0.25) is 0 Å². The quantitative estimate of drug-likeness (QED) is 0.0353. The third-order valence-corrected chi connectivity index (χ3v) is 21.8. The first kappa shape index (κ1) is 70.9. The zero-order valence-corrected chi connectivity index (χ0v) is 57.4. The number of aromatic amines is 1. The highest BCUT2D eigenvalue weighted by molar-refractivity contribution is 8.02. The summed E-state index contributed by atoms with van der Waals surface area (Å²) in [7, 11) is 0. The van der Waals surface area contributed by atoms with Crippen LogP contribution in [0, 0.1) is 4.51 Å². The molecule has 16 nitrogen and oxygen atoms in total. The summed E-state index contributed by atoms with van der Waals surface area (Å²) in [6, 6.07) is 38.1. The van der Waals surface area contributed by atoms with E-state index in [0.717, 1.165) is 134 Å². The third kappa shape index (κ3) is 17.9. The second-order valence-corrected chi connectivity index (χ2v) is 29.1. The van der Waals surface area contributed by atoms with Gasteiger partial charge in [-0.2, -0.15) is 0 Å². The summed E-state index contributed by atoms with van der Waals surface area (Å²) in [5.74, 6) is -1.10. The van der Waals surface area contributed by atoms with Crippen molar-refractivity contribution >= 4 is 160 Å². The highest BCUT2D eigenvalue weighted by Crippen LogP contribution is 2.52. The number of anilines is 1. The van der Waals surface area contributed by atoms with Gasteiger partial charge in [0.1, 0.15) is 37.4 Å². The highest BCUT2D eigenvalue weighted by Gasteiger charge is 2.48. The van der Waals surface area contributed by atoms with E-state index in [1.165, 1.54) is 23.5 Å². The Morgan fingerprint density at radius 2 is 0.853 bits per heavy atom. The Hall–Kier alpha value is -8.40. The molecule has 0 unspecified atom stereocenters. The van der Waals surface area contributed by atoms with Crippen LogP contribution < -0.4 is 5.73 Å². The molecule has 0 atom stereocenters. The SMILES string of the molecule is CC(=O)Cc1ccc2nccc(Cl)c2c1.CC(=O)Cc1ccc2nccc(SC3(C(=O)O)CCC3)c2c1.CC(=O)Cc1ccc2nccc(SC3(C(=O)O)CCC3)c2c1.CCOC(=O)C1(Sc2ccnc3ccc(CC(C)=O)cc23)CCC1.Nc1ccc2[nH]ccc(=S)c2c1. The van der Waals surface area contributed by atoms with Crippen molar-refractivity contribution in [3.05, 3.63) is 184 Å². The van der Waals surface area contributed by atoms with Crippen molar-refractivity contribution in [1.82, 2.24) is 24.9 Å². The molecule has 5 aromatic heterocycles. The van der Waals surface area contributed by atoms with Crippen LogP contribution in [0.25, 0.3) is 54.5 Å². The predicted octanol–water partition coefficient (Wildman–Crippen LogP) is 16.4. The summed E-state index contributed by atoms with van der Waals surface area (Å²) in [5, 5.41) is 24.5. The average molecular weight is 1370 g/mol. The highest BCUT2D eigenvalue weighted by atomic mass is 35.5. The van der Waals surface area contributed by atoms with Crippen LogP contribution in [0.4, 0.5) is 5.69 Å². The number of fused-ring (bicyclic) bond motifs is 5. The number of ether oxygens (including phenoxy) is 1. The maximum atomic E-state index is 12.4. The van der Waals surface area contributed by atoms with Crippen molar-refractivity contribution in [3.63, 3.8) is 0 Å². The molecule has 0 aliphatic heterocycles. The number of thioether (sulfide) groups is 3. The van der Waals surface area contributed by atoms with E-state index in [0.29, 0.717) is 63.0 Å². The van der Waals surface area contributed by atoms with Crippen molar-refractivity contribution in [2.45, 2.75) is 147 Å². The molecule has 5 aromatic carbocycles. The van der Waals surface area contributed by atoms with E-state index in [1.807, 2.05) is 128 Å². The summed E-state index contributed by atoms with van der Waals surface area (Å²) >= 11 is 15.6. The van der Waals surface area contributed by atoms with Gasteiger partial charge in [0.25, 0.3) is 0 Å². The minimum absolute atomic E-state index is 0.110. The number of H-pyrrole nitrogens is 1. The van der Waals surface area contributed by atoms with Gasteiger partial charge < -0.3 is 25.7 Å². The number of benzene rings is 5. The van der Waals surface area contributed by atoms with Gasteiger partial charge in [-0.1, -0.05) is 48.1 Å². The monoisotopic (exact) mass is 1370 g/mol. The molecule has 0 radical (unpaired) electrons. The van der Waals surface area contributed by atoms with E-state index in [2.05, 4.69) is 24.9 Å². The topological polar surface area (TPSA) is 263 Å². The van der Waals surface area contributed by atoms with E-state index in [-0.39, 0.29) is 29.1 Å². The van der Waals surface area contributed by atoms with E-state index >= 15 is 0 Å². The number of nitrogens with one attached hydrogen (secondary N) is 1. The summed E-state index contributed by atoms with van der Waals surface area (Å²) in [6.45, 7) is 8.54. The smallest absolute Gasteiger partial charge is 0.322 e. The molecule has 3 saturated carbocycles. The third-order valence-electron chi connectivity index (χ3n) is 16.5. The lowest BCUT2D eigenvalue weighted by atomic mass is 9.84. The van der Waals surface area contributed by atoms with Gasteiger partial charge >= 0.3 is 17.9 Å². The molecule has 0 bridgehead atoms. The Kier molecular flexibility index (Phi) is 23.8. The molecule has 3 aliphatic carbocycles. The number of carbonyl (C=O) groups is 7. The van der Waals surface area contributed by atoms with Gasteiger partial charge in [0.05, 0.1) is 33.7 Å². The van der Waals surface area contributed by atoms with E-state index < -0.39 is 26.2 Å². The maximum Gasteiger partial charge on any atom is 0.322 e. The van der Waals surface area contributed by atoms with Crippen LogP contribution in [-0.2, 0) is 64.0 Å². The first-order valence-electron chi connectivity index (χ1n) is 31.2. The summed E-state index contributed by atoms with van der Waals surface area (Å²) in [4.78, 5) is 104. The number of ketones is 4. The fourth-order valence-electron chi connectivity index (χ4n) is 11.2. The molecule has 5 heterocycles. The van der Waals surface area contributed by atoms with Gasteiger partial charge in [0.15, 0.2) is 0 Å². The number of aromatic nitrogens is 5. The Morgan fingerprint density at radius 3 is 1.20 bits per heavy atom. The normalized spacial score (nSPS) is 14.5. The Morgan fingerprint density at radius 1 is 0.495 bits per heavy atom. The number of carboxylic acid groups (broad SMARTS) is 2. The van der Waals surface area contributed by atoms with Crippen molar-refractivity contribution in [3.8, 4) is 0 Å². The summed E-state index contributed by atoms with van der Waals surface area (Å²) < 4.78 is 4.24. The van der Waals surface area contributed by atoms with E-state index in [4.69, 9.17) is 34.3 Å². The lowest BCUT2D eigenvalue weighted by Gasteiger charge is -2.38.